The van der Waals surface area contributed by atoms with Gasteiger partial charge < -0.3 is 10.6 Å². The molecule has 15 heavy (non-hydrogen) atoms. The minimum Gasteiger partial charge on any atom is -0.352 e. The molecular weight excluding hydrogens is 188 g/mol. The lowest BCUT2D eigenvalue weighted by Gasteiger charge is -2.29. The van der Waals surface area contributed by atoms with E-state index in [0.29, 0.717) is 0 Å². The average Bonchev–Trinajstić information content (AvgIpc) is 2.68. The summed E-state index contributed by atoms with van der Waals surface area (Å²) in [5, 5.41) is 6.48. The van der Waals surface area contributed by atoms with E-state index in [0.717, 1.165) is 38.6 Å². The molecular formula is C12H24N2O. The number of hydrogen-bond donors (Lipinski definition) is 2. The molecule has 1 amide bonds. The van der Waals surface area contributed by atoms with Crippen LogP contribution in [0.15, 0.2) is 0 Å². The van der Waals surface area contributed by atoms with Crippen LogP contribution in [0.5, 0.6) is 0 Å². The van der Waals surface area contributed by atoms with E-state index in [1.807, 2.05) is 0 Å². The molecule has 1 rings (SSSR count). The number of nitrogens with one attached hydrogen (secondary N) is 2. The van der Waals surface area contributed by atoms with Crippen molar-refractivity contribution < 1.29 is 4.79 Å². The number of amides is 1. The highest BCUT2D eigenvalue weighted by Crippen LogP contribution is 2.25. The van der Waals surface area contributed by atoms with Gasteiger partial charge in [0.15, 0.2) is 0 Å². The van der Waals surface area contributed by atoms with Crippen LogP contribution >= 0.6 is 0 Å². The summed E-state index contributed by atoms with van der Waals surface area (Å²) in [5.74, 6) is 0.205. The quantitative estimate of drug-likeness (QED) is 0.730. The van der Waals surface area contributed by atoms with E-state index in [2.05, 4.69) is 31.4 Å². The summed E-state index contributed by atoms with van der Waals surface area (Å²) in [7, 11) is 0. The zero-order chi connectivity index (χ0) is 11.3. The third-order valence-corrected chi connectivity index (χ3v) is 3.35. The van der Waals surface area contributed by atoms with Crippen LogP contribution in [0.1, 0.15) is 52.9 Å². The van der Waals surface area contributed by atoms with Gasteiger partial charge >= 0.3 is 0 Å². The maximum atomic E-state index is 12.2. The van der Waals surface area contributed by atoms with Gasteiger partial charge in [-0.3, -0.25) is 4.79 Å². The van der Waals surface area contributed by atoms with Gasteiger partial charge in [-0.05, 0) is 39.2 Å². The van der Waals surface area contributed by atoms with Crippen LogP contribution in [0.3, 0.4) is 0 Å². The van der Waals surface area contributed by atoms with Crippen molar-refractivity contribution in [2.45, 2.75) is 64.5 Å². The first-order chi connectivity index (χ1) is 7.14. The Morgan fingerprint density at radius 3 is 2.73 bits per heavy atom. The second-order valence-electron chi connectivity index (χ2n) is 4.65. The fraction of sp³-hybridized carbons (Fsp3) is 0.917. The molecule has 0 spiro atoms. The molecule has 2 N–H and O–H groups in total. The molecule has 1 heterocycles. The second kappa shape index (κ2) is 5.50. The molecule has 2 unspecified atom stereocenters. The van der Waals surface area contributed by atoms with E-state index in [9.17, 15) is 4.79 Å². The van der Waals surface area contributed by atoms with Crippen molar-refractivity contribution in [3.63, 3.8) is 0 Å². The molecule has 0 aromatic heterocycles. The summed E-state index contributed by atoms with van der Waals surface area (Å²) in [6.45, 7) is 7.28. The summed E-state index contributed by atoms with van der Waals surface area (Å²) in [4.78, 5) is 12.2. The fourth-order valence-corrected chi connectivity index (χ4v) is 2.22. The zero-order valence-electron chi connectivity index (χ0n) is 10.2. The fourth-order valence-electron chi connectivity index (χ4n) is 2.22. The molecule has 0 bridgehead atoms. The molecule has 0 aliphatic carbocycles. The SMILES string of the molecule is CCCC1(C(=O)NC(C)CC)CCCN1. The van der Waals surface area contributed by atoms with Crippen LogP contribution in [-0.2, 0) is 4.79 Å². The summed E-state index contributed by atoms with van der Waals surface area (Å²) in [6, 6.07) is 0.286. The Morgan fingerprint density at radius 2 is 2.27 bits per heavy atom. The molecule has 3 heteroatoms. The van der Waals surface area contributed by atoms with Crippen molar-refractivity contribution in [3.05, 3.63) is 0 Å². The van der Waals surface area contributed by atoms with Crippen LogP contribution in [0, 0.1) is 0 Å². The number of rotatable bonds is 5. The molecule has 88 valence electrons. The van der Waals surface area contributed by atoms with Gasteiger partial charge in [0.2, 0.25) is 5.91 Å². The highest BCUT2D eigenvalue weighted by atomic mass is 16.2. The predicted octanol–water partition coefficient (Wildman–Crippen LogP) is 1.82. The topological polar surface area (TPSA) is 41.1 Å². The zero-order valence-corrected chi connectivity index (χ0v) is 10.2. The Bertz CT molecular complexity index is 210. The molecule has 0 radical (unpaired) electrons. The minimum atomic E-state index is -0.266. The molecule has 0 aromatic rings. The van der Waals surface area contributed by atoms with Crippen molar-refractivity contribution in [3.8, 4) is 0 Å². The summed E-state index contributed by atoms with van der Waals surface area (Å²) >= 11 is 0. The molecule has 1 fully saturated rings. The van der Waals surface area contributed by atoms with E-state index >= 15 is 0 Å². The Hall–Kier alpha value is -0.570. The van der Waals surface area contributed by atoms with Crippen LogP contribution < -0.4 is 10.6 Å². The average molecular weight is 212 g/mol. The number of carbonyl (C=O) groups is 1. The van der Waals surface area contributed by atoms with Crippen molar-refractivity contribution >= 4 is 5.91 Å². The Labute approximate surface area is 93.0 Å². The van der Waals surface area contributed by atoms with Crippen LogP contribution in [0.25, 0.3) is 0 Å². The van der Waals surface area contributed by atoms with Gasteiger partial charge in [0.1, 0.15) is 0 Å². The third-order valence-electron chi connectivity index (χ3n) is 3.35. The lowest BCUT2D eigenvalue weighted by molar-refractivity contribution is -0.128. The van der Waals surface area contributed by atoms with E-state index < -0.39 is 0 Å². The van der Waals surface area contributed by atoms with Gasteiger partial charge in [-0.1, -0.05) is 20.3 Å². The summed E-state index contributed by atoms with van der Waals surface area (Å²) in [5.41, 5.74) is -0.266. The molecule has 3 nitrogen and oxygen atoms in total. The van der Waals surface area contributed by atoms with Crippen LogP contribution in [0.4, 0.5) is 0 Å². The summed E-state index contributed by atoms with van der Waals surface area (Å²) < 4.78 is 0. The van der Waals surface area contributed by atoms with Gasteiger partial charge in [-0.15, -0.1) is 0 Å². The van der Waals surface area contributed by atoms with Crippen molar-refractivity contribution in [2.24, 2.45) is 0 Å². The van der Waals surface area contributed by atoms with Crippen molar-refractivity contribution in [2.75, 3.05) is 6.54 Å². The smallest absolute Gasteiger partial charge is 0.240 e. The van der Waals surface area contributed by atoms with E-state index in [1.54, 1.807) is 0 Å². The molecule has 0 saturated carbocycles. The largest absolute Gasteiger partial charge is 0.352 e. The monoisotopic (exact) mass is 212 g/mol. The van der Waals surface area contributed by atoms with E-state index in [4.69, 9.17) is 0 Å². The van der Waals surface area contributed by atoms with Crippen LogP contribution in [-0.4, -0.2) is 24.0 Å². The number of hydrogen-bond acceptors (Lipinski definition) is 2. The van der Waals surface area contributed by atoms with Gasteiger partial charge in [0, 0.05) is 6.04 Å². The Balaban J connectivity index is 2.59. The van der Waals surface area contributed by atoms with Gasteiger partial charge in [0.05, 0.1) is 5.54 Å². The maximum Gasteiger partial charge on any atom is 0.240 e. The standard InChI is InChI=1S/C12H24N2O/c1-4-7-12(8-6-9-13-12)11(15)14-10(3)5-2/h10,13H,4-9H2,1-3H3,(H,14,15). The molecule has 2 atom stereocenters. The van der Waals surface area contributed by atoms with E-state index in [1.165, 1.54) is 0 Å². The van der Waals surface area contributed by atoms with Gasteiger partial charge in [-0.2, -0.15) is 0 Å². The predicted molar refractivity (Wildman–Crippen MR) is 62.8 cm³/mol. The number of carbonyl (C=O) groups excluding carboxylic acids is 1. The first kappa shape index (κ1) is 12.5. The van der Waals surface area contributed by atoms with E-state index in [-0.39, 0.29) is 17.5 Å². The maximum absolute atomic E-state index is 12.2. The van der Waals surface area contributed by atoms with Crippen molar-refractivity contribution in [1.29, 1.82) is 0 Å². The molecule has 1 saturated heterocycles. The van der Waals surface area contributed by atoms with Crippen LogP contribution in [0.2, 0.25) is 0 Å². The second-order valence-corrected chi connectivity index (χ2v) is 4.65. The molecule has 1 aliphatic heterocycles. The third kappa shape index (κ3) is 2.94. The van der Waals surface area contributed by atoms with Gasteiger partial charge in [0.25, 0.3) is 0 Å². The first-order valence-electron chi connectivity index (χ1n) is 6.20. The lowest BCUT2D eigenvalue weighted by Crippen LogP contribution is -2.55. The van der Waals surface area contributed by atoms with Gasteiger partial charge in [-0.25, -0.2) is 0 Å². The molecule has 1 aliphatic rings. The lowest BCUT2D eigenvalue weighted by atomic mass is 9.90. The summed E-state index contributed by atoms with van der Waals surface area (Å²) in [6.07, 6.45) is 5.11. The first-order valence-corrected chi connectivity index (χ1v) is 6.20. The minimum absolute atomic E-state index is 0.205. The Morgan fingerprint density at radius 1 is 1.53 bits per heavy atom. The highest BCUT2D eigenvalue weighted by molar-refractivity contribution is 5.86. The molecule has 0 aromatic carbocycles. The van der Waals surface area contributed by atoms with Crippen molar-refractivity contribution in [1.82, 2.24) is 10.6 Å². The normalized spacial score (nSPS) is 27.7. The highest BCUT2D eigenvalue weighted by Gasteiger charge is 2.39. The Kier molecular flexibility index (Phi) is 4.58.